The fourth-order valence-electron chi connectivity index (χ4n) is 7.45. The summed E-state index contributed by atoms with van der Waals surface area (Å²) in [5.41, 5.74) is 1.85. The summed E-state index contributed by atoms with van der Waals surface area (Å²) in [6.45, 7) is 10.5. The van der Waals surface area contributed by atoms with Gasteiger partial charge in [-0.15, -0.1) is 0 Å². The first-order valence-corrected chi connectivity index (χ1v) is 10.8. The van der Waals surface area contributed by atoms with Crippen LogP contribution in [0.2, 0.25) is 0 Å². The molecule has 0 N–H and O–H groups in total. The first-order chi connectivity index (χ1) is 11.9. The molecule has 4 aliphatic rings. The van der Waals surface area contributed by atoms with Crippen LogP contribution in [0, 0.1) is 35.5 Å². The van der Waals surface area contributed by atoms with Gasteiger partial charge in [-0.05, 0) is 81.5 Å². The van der Waals surface area contributed by atoms with E-state index < -0.39 is 0 Å². The Balaban J connectivity index is 1.52. The Labute approximate surface area is 154 Å². The molecule has 4 rings (SSSR count). The van der Waals surface area contributed by atoms with E-state index in [1.807, 2.05) is 7.11 Å². The minimum atomic E-state index is 0.0508. The van der Waals surface area contributed by atoms with Gasteiger partial charge in [0.25, 0.3) is 0 Å². The van der Waals surface area contributed by atoms with Crippen molar-refractivity contribution >= 4 is 0 Å². The summed E-state index contributed by atoms with van der Waals surface area (Å²) < 4.78 is 13.0. The first kappa shape index (κ1) is 18.0. The van der Waals surface area contributed by atoms with E-state index >= 15 is 0 Å². The molecule has 0 spiro atoms. The Kier molecular flexibility index (Phi) is 4.60. The van der Waals surface area contributed by atoms with Gasteiger partial charge < -0.3 is 9.47 Å². The molecule has 0 aromatic heterocycles. The van der Waals surface area contributed by atoms with Crippen LogP contribution in [-0.2, 0) is 9.47 Å². The molecule has 3 saturated carbocycles. The lowest BCUT2D eigenvalue weighted by Gasteiger charge is -2.53. The van der Waals surface area contributed by atoms with Crippen LogP contribution in [0.5, 0.6) is 0 Å². The van der Waals surface area contributed by atoms with Crippen molar-refractivity contribution in [2.24, 2.45) is 35.5 Å². The van der Waals surface area contributed by atoms with Crippen molar-refractivity contribution in [3.8, 4) is 0 Å². The van der Waals surface area contributed by atoms with Gasteiger partial charge >= 0.3 is 0 Å². The summed E-state index contributed by atoms with van der Waals surface area (Å²) in [4.78, 5) is 0. The molecule has 3 fully saturated rings. The molecule has 2 heteroatoms. The van der Waals surface area contributed by atoms with E-state index in [0.29, 0.717) is 23.7 Å². The molecule has 0 saturated heterocycles. The van der Waals surface area contributed by atoms with Gasteiger partial charge in [0.1, 0.15) is 0 Å². The van der Waals surface area contributed by atoms with Crippen molar-refractivity contribution in [2.75, 3.05) is 13.7 Å². The van der Waals surface area contributed by atoms with Crippen molar-refractivity contribution in [1.29, 1.82) is 0 Å². The molecule has 4 aliphatic carbocycles. The van der Waals surface area contributed by atoms with E-state index in [-0.39, 0.29) is 11.2 Å². The molecule has 7 unspecified atom stereocenters. The number of ether oxygens (including phenoxy) is 2. The van der Waals surface area contributed by atoms with E-state index in [2.05, 4.69) is 33.8 Å². The molecular weight excluding hydrogens is 308 g/mol. The van der Waals surface area contributed by atoms with Gasteiger partial charge in [0.05, 0.1) is 17.8 Å². The Morgan fingerprint density at radius 3 is 2.76 bits per heavy atom. The predicted molar refractivity (Wildman–Crippen MR) is 102 cm³/mol. The van der Waals surface area contributed by atoms with E-state index in [1.165, 1.54) is 44.9 Å². The molecule has 0 amide bonds. The molecule has 0 aromatic rings. The highest BCUT2D eigenvalue weighted by Crippen LogP contribution is 2.56. The molecule has 142 valence electrons. The van der Waals surface area contributed by atoms with Gasteiger partial charge in [0.15, 0.2) is 0 Å². The topological polar surface area (TPSA) is 18.5 Å². The fourth-order valence-corrected chi connectivity index (χ4v) is 7.45. The second-order valence-electron chi connectivity index (χ2n) is 10.2. The average molecular weight is 347 g/mol. The van der Waals surface area contributed by atoms with Crippen LogP contribution in [0.25, 0.3) is 0 Å². The fraction of sp³-hybridized carbons (Fsp3) is 0.913. The highest BCUT2D eigenvalue weighted by Gasteiger charge is 2.55. The summed E-state index contributed by atoms with van der Waals surface area (Å²) in [5, 5.41) is 0. The zero-order chi connectivity index (χ0) is 17.8. The van der Waals surface area contributed by atoms with Crippen LogP contribution < -0.4 is 0 Å². The molecule has 7 atom stereocenters. The quantitative estimate of drug-likeness (QED) is 0.602. The number of fused-ring (bicyclic) bond motifs is 4. The van der Waals surface area contributed by atoms with Gasteiger partial charge in [-0.2, -0.15) is 0 Å². The van der Waals surface area contributed by atoms with E-state index in [0.717, 1.165) is 18.4 Å². The molecule has 25 heavy (non-hydrogen) atoms. The normalized spacial score (nSPS) is 48.9. The molecule has 0 radical (unpaired) electrons. The minimum Gasteiger partial charge on any atom is -0.378 e. The van der Waals surface area contributed by atoms with Gasteiger partial charge in [0.2, 0.25) is 0 Å². The van der Waals surface area contributed by atoms with E-state index in [9.17, 15) is 0 Å². The summed E-state index contributed by atoms with van der Waals surface area (Å²) in [5.74, 6) is 4.11. The first-order valence-electron chi connectivity index (χ1n) is 10.8. The maximum Gasteiger partial charge on any atom is 0.0796 e. The van der Waals surface area contributed by atoms with Crippen molar-refractivity contribution in [3.63, 3.8) is 0 Å². The molecule has 0 aliphatic heterocycles. The SMILES string of the molecule is COC1(C)CC2CC(COC3(C(C)C)C(C)C=C4CCCC3C4)C1C2. The molecule has 4 bridgehead atoms. The second-order valence-corrected chi connectivity index (χ2v) is 10.2. The summed E-state index contributed by atoms with van der Waals surface area (Å²) in [7, 11) is 1.91. The standard InChI is InChI=1S/C23H38O2/c1-15(2)23(16(3)9-17-7-6-8-20(23)11-17)25-14-19-10-18-12-21(19)22(4,13-18)24-5/h9,15-16,18-21H,6-8,10-14H2,1-5H3. The minimum absolute atomic E-state index is 0.0508. The molecule has 0 heterocycles. The Hall–Kier alpha value is -0.340. The summed E-state index contributed by atoms with van der Waals surface area (Å²) in [6.07, 6.45) is 11.9. The van der Waals surface area contributed by atoms with Crippen LogP contribution in [0.3, 0.4) is 0 Å². The maximum absolute atomic E-state index is 7.00. The van der Waals surface area contributed by atoms with Gasteiger partial charge in [0, 0.05) is 13.0 Å². The number of allylic oxidation sites excluding steroid dienone is 1. The maximum atomic E-state index is 7.00. The lowest BCUT2D eigenvalue weighted by molar-refractivity contribution is -0.171. The monoisotopic (exact) mass is 346 g/mol. The van der Waals surface area contributed by atoms with Gasteiger partial charge in [-0.3, -0.25) is 0 Å². The smallest absolute Gasteiger partial charge is 0.0796 e. The van der Waals surface area contributed by atoms with Crippen molar-refractivity contribution in [1.82, 2.24) is 0 Å². The summed E-state index contributed by atoms with van der Waals surface area (Å²) in [6, 6.07) is 0. The number of methoxy groups -OCH3 is 1. The van der Waals surface area contributed by atoms with Crippen molar-refractivity contribution < 1.29 is 9.47 Å². The third-order valence-electron chi connectivity index (χ3n) is 8.58. The number of hydrogen-bond acceptors (Lipinski definition) is 2. The number of rotatable bonds is 5. The van der Waals surface area contributed by atoms with Crippen LogP contribution >= 0.6 is 0 Å². The van der Waals surface area contributed by atoms with Gasteiger partial charge in [-0.1, -0.05) is 32.4 Å². The van der Waals surface area contributed by atoms with Crippen LogP contribution in [-0.4, -0.2) is 24.9 Å². The number of hydrogen-bond donors (Lipinski definition) is 0. The lowest BCUT2D eigenvalue weighted by atomic mass is 9.60. The highest BCUT2D eigenvalue weighted by atomic mass is 16.5. The Morgan fingerprint density at radius 2 is 2.08 bits per heavy atom. The van der Waals surface area contributed by atoms with Crippen molar-refractivity contribution in [2.45, 2.75) is 83.8 Å². The zero-order valence-corrected chi connectivity index (χ0v) is 17.0. The highest BCUT2D eigenvalue weighted by molar-refractivity contribution is 5.20. The Morgan fingerprint density at radius 1 is 1.28 bits per heavy atom. The average Bonchev–Trinajstić information content (AvgIpc) is 3.12. The summed E-state index contributed by atoms with van der Waals surface area (Å²) >= 11 is 0. The Bertz CT molecular complexity index is 538. The van der Waals surface area contributed by atoms with E-state index in [1.54, 1.807) is 5.57 Å². The zero-order valence-electron chi connectivity index (χ0n) is 17.0. The second kappa shape index (κ2) is 6.37. The molecular formula is C23H38O2. The molecule has 0 aromatic carbocycles. The van der Waals surface area contributed by atoms with Crippen molar-refractivity contribution in [3.05, 3.63) is 11.6 Å². The van der Waals surface area contributed by atoms with Crippen LogP contribution in [0.1, 0.15) is 72.6 Å². The van der Waals surface area contributed by atoms with E-state index in [4.69, 9.17) is 9.47 Å². The largest absolute Gasteiger partial charge is 0.378 e. The van der Waals surface area contributed by atoms with Crippen LogP contribution in [0.15, 0.2) is 11.6 Å². The predicted octanol–water partition coefficient (Wildman–Crippen LogP) is 5.62. The molecule has 2 nitrogen and oxygen atoms in total. The third kappa shape index (κ3) is 2.74. The third-order valence-corrected chi connectivity index (χ3v) is 8.58. The van der Waals surface area contributed by atoms with Gasteiger partial charge in [-0.25, -0.2) is 0 Å². The lowest BCUT2D eigenvalue weighted by Crippen LogP contribution is -2.54. The van der Waals surface area contributed by atoms with Crippen LogP contribution in [0.4, 0.5) is 0 Å².